The monoisotopic (exact) mass is 525 g/mol. The van der Waals surface area contributed by atoms with Crippen molar-refractivity contribution in [3.63, 3.8) is 0 Å². The summed E-state index contributed by atoms with van der Waals surface area (Å²) in [5.41, 5.74) is 1.24. The quantitative estimate of drug-likeness (QED) is 0.307. The molecule has 2 aromatic carbocycles. The van der Waals surface area contributed by atoms with Crippen LogP contribution in [0, 0.1) is 6.92 Å². The van der Waals surface area contributed by atoms with Gasteiger partial charge in [0.15, 0.2) is 0 Å². The molecule has 9 nitrogen and oxygen atoms in total. The first-order chi connectivity index (χ1) is 17.1. The van der Waals surface area contributed by atoms with E-state index in [-0.39, 0.29) is 17.0 Å². The Morgan fingerprint density at radius 2 is 1.86 bits per heavy atom. The molecule has 186 valence electrons. The van der Waals surface area contributed by atoms with Gasteiger partial charge in [-0.25, -0.2) is 8.42 Å². The van der Waals surface area contributed by atoms with Crippen LogP contribution in [0.4, 0.5) is 0 Å². The molecular formula is C25H23N3O6S2. The zero-order valence-corrected chi connectivity index (χ0v) is 20.8. The Hall–Kier alpha value is -3.80. The number of carbonyl (C=O) groups is 2. The maximum atomic E-state index is 13.7. The Labute approximate surface area is 211 Å². The van der Waals surface area contributed by atoms with Gasteiger partial charge in [0.2, 0.25) is 21.5 Å². The van der Waals surface area contributed by atoms with Crippen molar-refractivity contribution in [1.29, 1.82) is 0 Å². The third-order valence-electron chi connectivity index (χ3n) is 5.59. The Morgan fingerprint density at radius 1 is 1.08 bits per heavy atom. The van der Waals surface area contributed by atoms with Crippen LogP contribution < -0.4 is 10.3 Å². The number of fused-ring (bicyclic) bond motifs is 1. The molecule has 1 amide bonds. The molecule has 2 heterocycles. The SMILES string of the molecule is Cc1ccccc1[C@H](NS(=O)(=O)c1ccc2[nH]c(=O)ccc2c1)C(=O)N(CC(=O)O)Cc1cccs1. The molecule has 0 radical (unpaired) electrons. The van der Waals surface area contributed by atoms with Crippen molar-refractivity contribution in [1.82, 2.24) is 14.6 Å². The first-order valence-corrected chi connectivity index (χ1v) is 13.2. The molecule has 1 atom stereocenters. The standard InChI is InChI=1S/C25H23N3O6S2/c1-16-5-2-3-7-20(16)24(25(32)28(15-23(30)31)14-18-6-4-12-35-18)27-36(33,34)19-9-10-21-17(13-19)8-11-22(29)26-21/h2-13,24,27H,14-15H2,1H3,(H,26,29)(H,30,31)/t24-/m0/s1. The van der Waals surface area contributed by atoms with E-state index in [1.807, 2.05) is 5.38 Å². The van der Waals surface area contributed by atoms with Crippen molar-refractivity contribution in [2.75, 3.05) is 6.54 Å². The number of carboxylic acid groups (broad SMARTS) is 1. The average molecular weight is 526 g/mol. The number of H-pyrrole nitrogens is 1. The number of benzene rings is 2. The molecule has 3 N–H and O–H groups in total. The Morgan fingerprint density at radius 3 is 2.56 bits per heavy atom. The summed E-state index contributed by atoms with van der Waals surface area (Å²) in [7, 11) is -4.23. The van der Waals surface area contributed by atoms with E-state index in [1.54, 1.807) is 43.3 Å². The van der Waals surface area contributed by atoms with Crippen molar-refractivity contribution in [3.8, 4) is 0 Å². The molecule has 0 fully saturated rings. The van der Waals surface area contributed by atoms with Gasteiger partial charge in [-0.15, -0.1) is 11.3 Å². The van der Waals surface area contributed by atoms with Gasteiger partial charge in [0.1, 0.15) is 12.6 Å². The minimum absolute atomic E-state index is 0.0241. The van der Waals surface area contributed by atoms with Crippen LogP contribution in [0.5, 0.6) is 0 Å². The van der Waals surface area contributed by atoms with Crippen molar-refractivity contribution in [3.05, 3.63) is 98.5 Å². The number of aliphatic carboxylic acids is 1. The van der Waals surface area contributed by atoms with Crippen LogP contribution in [0.25, 0.3) is 10.9 Å². The third-order valence-corrected chi connectivity index (χ3v) is 7.87. The predicted molar refractivity (Wildman–Crippen MR) is 136 cm³/mol. The van der Waals surface area contributed by atoms with E-state index in [9.17, 15) is 27.9 Å². The zero-order valence-electron chi connectivity index (χ0n) is 19.2. The van der Waals surface area contributed by atoms with E-state index in [0.717, 1.165) is 9.78 Å². The van der Waals surface area contributed by atoms with Crippen LogP contribution in [-0.2, 0) is 26.2 Å². The number of rotatable bonds is 9. The number of hydrogen-bond donors (Lipinski definition) is 3. The highest BCUT2D eigenvalue weighted by Crippen LogP contribution is 2.25. The molecule has 4 rings (SSSR count). The van der Waals surface area contributed by atoms with Crippen LogP contribution >= 0.6 is 11.3 Å². The van der Waals surface area contributed by atoms with Gasteiger partial charge >= 0.3 is 5.97 Å². The number of pyridine rings is 1. The number of aryl methyl sites for hydroxylation is 1. The highest BCUT2D eigenvalue weighted by molar-refractivity contribution is 7.89. The van der Waals surface area contributed by atoms with Gasteiger partial charge in [-0.2, -0.15) is 4.72 Å². The predicted octanol–water partition coefficient (Wildman–Crippen LogP) is 3.03. The number of hydrogen-bond acceptors (Lipinski definition) is 6. The van der Waals surface area contributed by atoms with Gasteiger partial charge in [-0.3, -0.25) is 14.4 Å². The lowest BCUT2D eigenvalue weighted by Gasteiger charge is -2.27. The smallest absolute Gasteiger partial charge is 0.323 e. The maximum absolute atomic E-state index is 13.7. The lowest BCUT2D eigenvalue weighted by atomic mass is 10.0. The van der Waals surface area contributed by atoms with Gasteiger partial charge < -0.3 is 15.0 Å². The molecule has 11 heteroatoms. The highest BCUT2D eigenvalue weighted by atomic mass is 32.2. The number of thiophene rings is 1. The zero-order chi connectivity index (χ0) is 25.9. The number of amides is 1. The third kappa shape index (κ3) is 5.70. The molecule has 4 aromatic rings. The first kappa shape index (κ1) is 25.3. The van der Waals surface area contributed by atoms with E-state index < -0.39 is 34.5 Å². The number of carbonyl (C=O) groups excluding carboxylic acids is 1. The minimum atomic E-state index is -4.23. The van der Waals surface area contributed by atoms with E-state index in [1.165, 1.54) is 41.7 Å². The highest BCUT2D eigenvalue weighted by Gasteiger charge is 2.33. The summed E-state index contributed by atoms with van der Waals surface area (Å²) >= 11 is 1.37. The van der Waals surface area contributed by atoms with Crippen LogP contribution in [0.1, 0.15) is 22.0 Å². The van der Waals surface area contributed by atoms with Crippen molar-refractivity contribution >= 4 is 44.1 Å². The maximum Gasteiger partial charge on any atom is 0.323 e. The Kier molecular flexibility index (Phi) is 7.34. The molecule has 0 aliphatic carbocycles. The van der Waals surface area contributed by atoms with Gasteiger partial charge in [0.05, 0.1) is 11.4 Å². The summed E-state index contributed by atoms with van der Waals surface area (Å²) in [5.74, 6) is -1.90. The molecule has 0 bridgehead atoms. The number of nitrogens with zero attached hydrogens (tertiary/aromatic N) is 1. The second kappa shape index (κ2) is 10.4. The van der Waals surface area contributed by atoms with E-state index >= 15 is 0 Å². The second-order valence-corrected chi connectivity index (χ2v) is 10.9. The van der Waals surface area contributed by atoms with Crippen LogP contribution in [0.15, 0.2) is 81.8 Å². The normalized spacial score (nSPS) is 12.4. The summed E-state index contributed by atoms with van der Waals surface area (Å²) in [6, 6.07) is 16.0. The topological polar surface area (TPSA) is 137 Å². The fourth-order valence-corrected chi connectivity index (χ4v) is 5.75. The molecule has 36 heavy (non-hydrogen) atoms. The first-order valence-electron chi connectivity index (χ1n) is 10.9. The van der Waals surface area contributed by atoms with E-state index in [2.05, 4.69) is 9.71 Å². The lowest BCUT2D eigenvalue weighted by Crippen LogP contribution is -2.44. The number of carboxylic acids is 1. The van der Waals surface area contributed by atoms with E-state index in [0.29, 0.717) is 22.0 Å². The fourth-order valence-electron chi connectivity index (χ4n) is 3.83. The molecule has 0 aliphatic heterocycles. The van der Waals surface area contributed by atoms with Gasteiger partial charge in [-0.05, 0) is 59.1 Å². The van der Waals surface area contributed by atoms with Crippen LogP contribution in [-0.4, -0.2) is 41.8 Å². The van der Waals surface area contributed by atoms with Gasteiger partial charge in [0, 0.05) is 16.5 Å². The second-order valence-electron chi connectivity index (χ2n) is 8.15. The molecular weight excluding hydrogens is 502 g/mol. The number of aromatic nitrogens is 1. The molecule has 0 aliphatic rings. The summed E-state index contributed by atoms with van der Waals surface area (Å²) in [4.78, 5) is 41.3. The van der Waals surface area contributed by atoms with Gasteiger partial charge in [0.25, 0.3) is 0 Å². The van der Waals surface area contributed by atoms with E-state index in [4.69, 9.17) is 0 Å². The van der Waals surface area contributed by atoms with Gasteiger partial charge in [-0.1, -0.05) is 30.3 Å². The van der Waals surface area contributed by atoms with Crippen molar-refractivity contribution < 1.29 is 23.1 Å². The number of sulfonamides is 1. The minimum Gasteiger partial charge on any atom is -0.480 e. The Bertz CT molecular complexity index is 1580. The van der Waals surface area contributed by atoms with Crippen molar-refractivity contribution in [2.45, 2.75) is 24.4 Å². The molecule has 0 unspecified atom stereocenters. The summed E-state index contributed by atoms with van der Waals surface area (Å²) in [6.45, 7) is 1.18. The largest absolute Gasteiger partial charge is 0.480 e. The summed E-state index contributed by atoms with van der Waals surface area (Å²) in [5, 5.41) is 11.8. The van der Waals surface area contributed by atoms with Crippen molar-refractivity contribution in [2.24, 2.45) is 0 Å². The lowest BCUT2D eigenvalue weighted by molar-refractivity contribution is -0.145. The fraction of sp³-hybridized carbons (Fsp3) is 0.160. The van der Waals surface area contributed by atoms with Crippen LogP contribution in [0.2, 0.25) is 0 Å². The summed E-state index contributed by atoms with van der Waals surface area (Å²) in [6.07, 6.45) is 0. The number of aromatic amines is 1. The number of nitrogens with one attached hydrogen (secondary N) is 2. The average Bonchev–Trinajstić information content (AvgIpc) is 3.35. The molecule has 0 spiro atoms. The summed E-state index contributed by atoms with van der Waals surface area (Å²) < 4.78 is 29.4. The van der Waals surface area contributed by atoms with Crippen LogP contribution in [0.3, 0.4) is 0 Å². The Balaban J connectivity index is 1.74. The molecule has 2 aromatic heterocycles. The molecule has 0 saturated carbocycles. The molecule has 0 saturated heterocycles.